The van der Waals surface area contributed by atoms with Crippen molar-refractivity contribution in [3.63, 3.8) is 0 Å². The van der Waals surface area contributed by atoms with E-state index >= 15 is 0 Å². The fraction of sp³-hybridized carbons (Fsp3) is 0.0769. The van der Waals surface area contributed by atoms with Crippen LogP contribution in [0, 0.1) is 0 Å². The van der Waals surface area contributed by atoms with Gasteiger partial charge in [0.15, 0.2) is 0 Å². The molecule has 1 amide bonds. The molecule has 0 atom stereocenters. The van der Waals surface area contributed by atoms with Crippen LogP contribution in [0.25, 0.3) is 0 Å². The van der Waals surface area contributed by atoms with Gasteiger partial charge in [0.25, 0.3) is 5.91 Å². The molecule has 2 aromatic rings. The van der Waals surface area contributed by atoms with Gasteiger partial charge in [0.2, 0.25) is 0 Å². The Hall–Kier alpha value is -2.08. The van der Waals surface area contributed by atoms with Gasteiger partial charge in [0.1, 0.15) is 15.9 Å². The van der Waals surface area contributed by atoms with Crippen molar-refractivity contribution in [2.75, 3.05) is 18.2 Å². The molecule has 0 saturated heterocycles. The van der Waals surface area contributed by atoms with Gasteiger partial charge in [-0.25, -0.2) is 4.98 Å². The minimum Gasteiger partial charge on any atom is -0.496 e. The van der Waals surface area contributed by atoms with Crippen LogP contribution < -0.4 is 15.8 Å². The van der Waals surface area contributed by atoms with E-state index in [1.54, 1.807) is 36.5 Å². The van der Waals surface area contributed by atoms with Crippen molar-refractivity contribution in [1.82, 2.24) is 4.98 Å². The van der Waals surface area contributed by atoms with Crippen molar-refractivity contribution in [2.45, 2.75) is 0 Å². The normalized spacial score (nSPS) is 10.0. The molecule has 98 valence electrons. The molecule has 1 aromatic carbocycles. The summed E-state index contributed by atoms with van der Waals surface area (Å²) in [6.07, 6.45) is 1.55. The Bertz CT molecular complexity index is 599. The SMILES string of the molecule is COc1cccc(N)c1C(=O)Nc1ccc(Br)nc1. The molecule has 0 spiro atoms. The maximum absolute atomic E-state index is 12.2. The number of carbonyl (C=O) groups excluding carboxylic acids is 1. The number of methoxy groups -OCH3 is 1. The predicted octanol–water partition coefficient (Wildman–Crippen LogP) is 2.69. The van der Waals surface area contributed by atoms with E-state index in [1.807, 2.05) is 0 Å². The molecular formula is C13H12BrN3O2. The number of carbonyl (C=O) groups is 1. The Morgan fingerprint density at radius 2 is 2.16 bits per heavy atom. The van der Waals surface area contributed by atoms with Gasteiger partial charge in [0, 0.05) is 5.69 Å². The second-order valence-corrected chi connectivity index (χ2v) is 4.56. The fourth-order valence-corrected chi connectivity index (χ4v) is 1.84. The van der Waals surface area contributed by atoms with E-state index in [0.29, 0.717) is 27.3 Å². The number of hydrogen-bond donors (Lipinski definition) is 2. The van der Waals surface area contributed by atoms with Crippen molar-refractivity contribution >= 4 is 33.2 Å². The zero-order valence-electron chi connectivity index (χ0n) is 10.2. The van der Waals surface area contributed by atoms with Crippen molar-refractivity contribution in [2.24, 2.45) is 0 Å². The molecule has 0 bridgehead atoms. The van der Waals surface area contributed by atoms with Gasteiger partial charge in [0.05, 0.1) is 19.0 Å². The van der Waals surface area contributed by atoms with Crippen molar-refractivity contribution in [3.8, 4) is 5.75 Å². The summed E-state index contributed by atoms with van der Waals surface area (Å²) in [4.78, 5) is 16.2. The number of nitrogens with two attached hydrogens (primary N) is 1. The standard InChI is InChI=1S/C13H12BrN3O2/c1-19-10-4-2-3-9(15)12(10)13(18)17-8-5-6-11(14)16-7-8/h2-7H,15H2,1H3,(H,17,18). The fourth-order valence-electron chi connectivity index (χ4n) is 1.60. The summed E-state index contributed by atoms with van der Waals surface area (Å²) in [5.74, 6) is 0.0987. The van der Waals surface area contributed by atoms with E-state index in [4.69, 9.17) is 10.5 Å². The maximum atomic E-state index is 12.2. The number of pyridine rings is 1. The molecule has 5 nitrogen and oxygen atoms in total. The van der Waals surface area contributed by atoms with Crippen molar-refractivity contribution in [1.29, 1.82) is 0 Å². The van der Waals surface area contributed by atoms with Crippen LogP contribution in [-0.4, -0.2) is 18.0 Å². The number of nitrogen functional groups attached to an aromatic ring is 1. The van der Waals surface area contributed by atoms with Crippen LogP contribution in [0.4, 0.5) is 11.4 Å². The first kappa shape index (κ1) is 13.4. The lowest BCUT2D eigenvalue weighted by Gasteiger charge is -2.11. The monoisotopic (exact) mass is 321 g/mol. The topological polar surface area (TPSA) is 77.2 Å². The molecule has 0 aliphatic heterocycles. The van der Waals surface area contributed by atoms with Crippen LogP contribution in [0.3, 0.4) is 0 Å². The van der Waals surface area contributed by atoms with E-state index < -0.39 is 0 Å². The lowest BCUT2D eigenvalue weighted by atomic mass is 10.1. The molecule has 1 aromatic heterocycles. The molecule has 0 radical (unpaired) electrons. The van der Waals surface area contributed by atoms with E-state index in [1.165, 1.54) is 7.11 Å². The Balaban J connectivity index is 2.27. The molecule has 0 aliphatic carbocycles. The average Bonchev–Trinajstić information content (AvgIpc) is 2.40. The number of amides is 1. The summed E-state index contributed by atoms with van der Waals surface area (Å²) < 4.78 is 5.84. The molecule has 19 heavy (non-hydrogen) atoms. The van der Waals surface area contributed by atoms with Crippen molar-refractivity contribution < 1.29 is 9.53 Å². The number of rotatable bonds is 3. The third-order valence-corrected chi connectivity index (χ3v) is 2.96. The van der Waals surface area contributed by atoms with E-state index in [9.17, 15) is 4.79 Å². The van der Waals surface area contributed by atoms with Gasteiger partial charge in [-0.15, -0.1) is 0 Å². The highest BCUT2D eigenvalue weighted by molar-refractivity contribution is 9.10. The quantitative estimate of drug-likeness (QED) is 0.673. The van der Waals surface area contributed by atoms with Gasteiger partial charge in [-0.2, -0.15) is 0 Å². The average molecular weight is 322 g/mol. The lowest BCUT2D eigenvalue weighted by Crippen LogP contribution is -2.15. The zero-order valence-corrected chi connectivity index (χ0v) is 11.8. The van der Waals surface area contributed by atoms with Crippen LogP contribution in [0.5, 0.6) is 5.75 Å². The third-order valence-electron chi connectivity index (χ3n) is 2.49. The highest BCUT2D eigenvalue weighted by Gasteiger charge is 2.15. The molecule has 1 heterocycles. The first-order valence-corrected chi connectivity index (χ1v) is 6.26. The first-order valence-electron chi connectivity index (χ1n) is 5.47. The number of aromatic nitrogens is 1. The number of ether oxygens (including phenoxy) is 1. The minimum absolute atomic E-state index is 0.313. The van der Waals surface area contributed by atoms with Gasteiger partial charge in [-0.05, 0) is 40.2 Å². The number of anilines is 2. The minimum atomic E-state index is -0.334. The summed E-state index contributed by atoms with van der Waals surface area (Å²) in [5.41, 5.74) is 7.07. The molecule has 0 aliphatic rings. The largest absolute Gasteiger partial charge is 0.496 e. The Morgan fingerprint density at radius 1 is 1.37 bits per heavy atom. The summed E-state index contributed by atoms with van der Waals surface area (Å²) in [7, 11) is 1.49. The van der Waals surface area contributed by atoms with Gasteiger partial charge in [-0.1, -0.05) is 6.07 Å². The van der Waals surface area contributed by atoms with Gasteiger partial charge in [-0.3, -0.25) is 4.79 Å². The number of nitrogens with one attached hydrogen (secondary N) is 1. The zero-order chi connectivity index (χ0) is 13.8. The van der Waals surface area contributed by atoms with Crippen LogP contribution in [0.1, 0.15) is 10.4 Å². The number of benzene rings is 1. The molecule has 2 rings (SSSR count). The van der Waals surface area contributed by atoms with E-state index in [0.717, 1.165) is 0 Å². The third kappa shape index (κ3) is 3.03. The second-order valence-electron chi connectivity index (χ2n) is 3.75. The Morgan fingerprint density at radius 3 is 2.79 bits per heavy atom. The first-order chi connectivity index (χ1) is 9.11. The number of halogens is 1. The van der Waals surface area contributed by atoms with Crippen LogP contribution >= 0.6 is 15.9 Å². The molecule has 0 unspecified atom stereocenters. The van der Waals surface area contributed by atoms with Crippen molar-refractivity contribution in [3.05, 3.63) is 46.7 Å². The highest BCUT2D eigenvalue weighted by Crippen LogP contribution is 2.25. The van der Waals surface area contributed by atoms with Gasteiger partial charge < -0.3 is 15.8 Å². The van der Waals surface area contributed by atoms with Crippen LogP contribution in [0.15, 0.2) is 41.1 Å². The smallest absolute Gasteiger partial charge is 0.261 e. The molecule has 0 fully saturated rings. The second kappa shape index (κ2) is 5.71. The summed E-state index contributed by atoms with van der Waals surface area (Å²) in [6.45, 7) is 0. The van der Waals surface area contributed by atoms with Gasteiger partial charge >= 0.3 is 0 Å². The molecule has 6 heteroatoms. The predicted molar refractivity (Wildman–Crippen MR) is 77.3 cm³/mol. The summed E-state index contributed by atoms with van der Waals surface area (Å²) in [5, 5.41) is 2.72. The van der Waals surface area contributed by atoms with Crippen LogP contribution in [0.2, 0.25) is 0 Å². The number of hydrogen-bond acceptors (Lipinski definition) is 4. The lowest BCUT2D eigenvalue weighted by molar-refractivity contribution is 0.102. The Kier molecular flexibility index (Phi) is 4.01. The summed E-state index contributed by atoms with van der Waals surface area (Å²) in [6, 6.07) is 8.54. The number of nitrogens with zero attached hydrogens (tertiary/aromatic N) is 1. The van der Waals surface area contributed by atoms with E-state index in [-0.39, 0.29) is 5.91 Å². The van der Waals surface area contributed by atoms with Crippen LogP contribution in [-0.2, 0) is 0 Å². The maximum Gasteiger partial charge on any atom is 0.261 e. The molecule has 3 N–H and O–H groups in total. The van der Waals surface area contributed by atoms with E-state index in [2.05, 4.69) is 26.2 Å². The molecular weight excluding hydrogens is 310 g/mol. The summed E-state index contributed by atoms with van der Waals surface area (Å²) >= 11 is 3.23. The Labute approximate surface area is 118 Å². The highest BCUT2D eigenvalue weighted by atomic mass is 79.9. The molecule has 0 saturated carbocycles.